The first kappa shape index (κ1) is 21.6. The summed E-state index contributed by atoms with van der Waals surface area (Å²) in [4.78, 5) is 13.9. The lowest BCUT2D eigenvalue weighted by Gasteiger charge is -2.57. The van der Waals surface area contributed by atoms with Gasteiger partial charge in [-0.05, 0) is 110 Å². The molecule has 0 amide bonds. The van der Waals surface area contributed by atoms with Gasteiger partial charge < -0.3 is 0 Å². The summed E-state index contributed by atoms with van der Waals surface area (Å²) in [7, 11) is 0. The van der Waals surface area contributed by atoms with Crippen LogP contribution in [0.5, 0.6) is 0 Å². The molecule has 1 heterocycles. The Kier molecular flexibility index (Phi) is 4.73. The largest absolute Gasteiger partial charge is 0.297 e. The molecule has 6 saturated carbocycles. The lowest BCUT2D eigenvalue weighted by atomic mass is 9.47. The predicted molar refractivity (Wildman–Crippen MR) is 131 cm³/mol. The number of carbonyl (C=O) groups excluding carboxylic acids is 1. The summed E-state index contributed by atoms with van der Waals surface area (Å²) >= 11 is 0. The predicted octanol–water partition coefficient (Wildman–Crippen LogP) is 6.21. The van der Waals surface area contributed by atoms with Crippen LogP contribution in [0, 0.1) is 75.9 Å². The lowest BCUT2D eigenvalue weighted by molar-refractivity contribution is -0.135. The maximum absolute atomic E-state index is 13.9. The molecule has 0 bridgehead atoms. The molecule has 182 valence electrons. The van der Waals surface area contributed by atoms with Gasteiger partial charge in [0.25, 0.3) is 0 Å². The summed E-state index contributed by atoms with van der Waals surface area (Å²) in [6.07, 6.45) is 14.0. The second kappa shape index (κ2) is 7.44. The minimum atomic E-state index is 0.180. The van der Waals surface area contributed by atoms with Crippen LogP contribution < -0.4 is 0 Å². The van der Waals surface area contributed by atoms with Crippen LogP contribution in [0.25, 0.3) is 0 Å². The zero-order chi connectivity index (χ0) is 23.4. The molecule has 6 aliphatic carbocycles. The molecule has 0 radical (unpaired) electrons. The first-order chi connectivity index (χ1) is 16.4. The first-order valence-corrected chi connectivity index (χ1v) is 14.4. The van der Waals surface area contributed by atoms with E-state index in [0.29, 0.717) is 35.6 Å². The molecule has 11 unspecified atom stereocenters. The highest BCUT2D eigenvalue weighted by Crippen LogP contribution is 2.76. The second-order valence-electron chi connectivity index (χ2n) is 13.8. The average Bonchev–Trinajstić information content (AvgIpc) is 3.69. The minimum absolute atomic E-state index is 0.180. The molecule has 34 heavy (non-hydrogen) atoms. The fourth-order valence-electron chi connectivity index (χ4n) is 10.6. The fraction of sp³-hybridized carbons (Fsp3) is 0.833. The Morgan fingerprint density at radius 3 is 2.65 bits per heavy atom. The maximum atomic E-state index is 13.9. The van der Waals surface area contributed by atoms with E-state index in [1.807, 2.05) is 10.9 Å². The molecule has 7 rings (SSSR count). The highest BCUT2D eigenvalue weighted by Gasteiger charge is 2.73. The number of hydrogen-bond acceptors (Lipinski definition) is 3. The van der Waals surface area contributed by atoms with Crippen LogP contribution >= 0.6 is 0 Å². The van der Waals surface area contributed by atoms with Gasteiger partial charge in [-0.25, -0.2) is 0 Å². The van der Waals surface area contributed by atoms with E-state index in [9.17, 15) is 10.1 Å². The number of hydrogen-bond donors (Lipinski definition) is 0. The van der Waals surface area contributed by atoms with Gasteiger partial charge >= 0.3 is 0 Å². The highest BCUT2D eigenvalue weighted by molar-refractivity contribution is 5.83. The van der Waals surface area contributed by atoms with Crippen LogP contribution in [0.3, 0.4) is 0 Å². The third kappa shape index (κ3) is 3.00. The Morgan fingerprint density at radius 1 is 1.09 bits per heavy atom. The van der Waals surface area contributed by atoms with Crippen molar-refractivity contribution in [3.8, 4) is 6.07 Å². The summed E-state index contributed by atoms with van der Waals surface area (Å²) < 4.78 is 1.81. The van der Waals surface area contributed by atoms with E-state index in [0.717, 1.165) is 60.0 Å². The van der Waals surface area contributed by atoms with Crippen LogP contribution in [0.1, 0.15) is 95.7 Å². The average molecular weight is 460 g/mol. The Balaban J connectivity index is 1.14. The maximum Gasteiger partial charge on any atom is 0.158 e. The standard InChI is InChI=1S/C30H41N3O/c1-16-4-8-21-19(12-16)7-9-23-22(21)10-11-30(3)27(23)25-17(2)26(25)28(30)24(34)15-33-14-20(13-31)29(32-33)18-5-6-18/h14,16-19,21-23,25-28H,4-12,15H2,1-3H3. The molecule has 0 saturated heterocycles. The number of aromatic nitrogens is 2. The molecular weight excluding hydrogens is 418 g/mol. The topological polar surface area (TPSA) is 58.7 Å². The van der Waals surface area contributed by atoms with E-state index < -0.39 is 0 Å². The molecule has 0 aliphatic heterocycles. The Morgan fingerprint density at radius 2 is 1.88 bits per heavy atom. The van der Waals surface area contributed by atoms with Crippen LogP contribution in [0.2, 0.25) is 0 Å². The van der Waals surface area contributed by atoms with Crippen LogP contribution in [-0.4, -0.2) is 15.6 Å². The molecule has 11 atom stereocenters. The van der Waals surface area contributed by atoms with Crippen molar-refractivity contribution in [2.75, 3.05) is 0 Å². The van der Waals surface area contributed by atoms with E-state index in [4.69, 9.17) is 5.10 Å². The summed E-state index contributed by atoms with van der Waals surface area (Å²) in [5.41, 5.74) is 1.80. The monoisotopic (exact) mass is 459 g/mol. The number of rotatable bonds is 4. The Labute approximate surface area is 204 Å². The van der Waals surface area contributed by atoms with Crippen molar-refractivity contribution in [2.45, 2.75) is 91.0 Å². The minimum Gasteiger partial charge on any atom is -0.297 e. The second-order valence-corrected chi connectivity index (χ2v) is 13.8. The molecule has 0 spiro atoms. The Bertz CT molecular complexity index is 1050. The van der Waals surface area contributed by atoms with E-state index in [2.05, 4.69) is 26.8 Å². The lowest BCUT2D eigenvalue weighted by Crippen LogP contribution is -2.51. The number of nitriles is 1. The zero-order valence-electron chi connectivity index (χ0n) is 21.2. The van der Waals surface area contributed by atoms with Gasteiger partial charge in [0.15, 0.2) is 5.78 Å². The van der Waals surface area contributed by atoms with Gasteiger partial charge in [0.1, 0.15) is 6.07 Å². The summed E-state index contributed by atoms with van der Waals surface area (Å²) in [6, 6.07) is 2.32. The third-order valence-corrected chi connectivity index (χ3v) is 12.1. The van der Waals surface area contributed by atoms with Gasteiger partial charge in [-0.15, -0.1) is 0 Å². The molecule has 1 aromatic heterocycles. The molecule has 0 N–H and O–H groups in total. The van der Waals surface area contributed by atoms with E-state index in [1.54, 1.807) is 0 Å². The van der Waals surface area contributed by atoms with Crippen molar-refractivity contribution < 1.29 is 4.79 Å². The number of fused-ring (bicyclic) bond motifs is 7. The molecule has 4 heteroatoms. The number of carbonyl (C=O) groups is 1. The van der Waals surface area contributed by atoms with Gasteiger partial charge in [0, 0.05) is 18.0 Å². The quantitative estimate of drug-likeness (QED) is 0.538. The van der Waals surface area contributed by atoms with Gasteiger partial charge in [0.2, 0.25) is 0 Å². The zero-order valence-corrected chi connectivity index (χ0v) is 21.2. The molecule has 6 fully saturated rings. The number of Topliss-reactive ketones (excluding diaryl/α,β-unsaturated/α-hetero) is 1. The van der Waals surface area contributed by atoms with Crippen molar-refractivity contribution in [3.63, 3.8) is 0 Å². The van der Waals surface area contributed by atoms with Crippen molar-refractivity contribution in [2.24, 2.45) is 64.6 Å². The Hall–Kier alpha value is -1.63. The molecule has 4 nitrogen and oxygen atoms in total. The van der Waals surface area contributed by atoms with Crippen molar-refractivity contribution in [1.29, 1.82) is 5.26 Å². The number of nitrogens with zero attached hydrogens (tertiary/aromatic N) is 3. The van der Waals surface area contributed by atoms with Crippen LogP contribution in [0.4, 0.5) is 0 Å². The van der Waals surface area contributed by atoms with Gasteiger partial charge in [-0.1, -0.05) is 27.2 Å². The SMILES string of the molecule is CC1CCC2C(CCC3C2CCC2(C)C(C(=O)Cn4cc(C#N)c(C5CC5)n4)C4C(C)C4C32)C1. The van der Waals surface area contributed by atoms with Crippen molar-refractivity contribution >= 4 is 5.78 Å². The summed E-state index contributed by atoms with van der Waals surface area (Å²) in [5, 5.41) is 14.3. The summed E-state index contributed by atoms with van der Waals surface area (Å²) in [6.45, 7) is 7.76. The normalized spacial score (nSPS) is 48.8. The smallest absolute Gasteiger partial charge is 0.158 e. The molecule has 1 aromatic rings. The van der Waals surface area contributed by atoms with Crippen molar-refractivity contribution in [1.82, 2.24) is 9.78 Å². The molecule has 0 aromatic carbocycles. The first-order valence-electron chi connectivity index (χ1n) is 14.4. The highest BCUT2D eigenvalue weighted by atomic mass is 16.1. The van der Waals surface area contributed by atoms with Crippen LogP contribution in [-0.2, 0) is 11.3 Å². The van der Waals surface area contributed by atoms with E-state index in [1.165, 1.54) is 44.9 Å². The van der Waals surface area contributed by atoms with Crippen molar-refractivity contribution in [3.05, 3.63) is 17.5 Å². The van der Waals surface area contributed by atoms with Gasteiger partial charge in [-0.3, -0.25) is 9.48 Å². The molecule has 6 aliphatic rings. The third-order valence-electron chi connectivity index (χ3n) is 12.1. The molecular formula is C30H41N3O. The van der Waals surface area contributed by atoms with E-state index in [-0.39, 0.29) is 11.3 Å². The summed E-state index contributed by atoms with van der Waals surface area (Å²) in [5.74, 6) is 8.55. The van der Waals surface area contributed by atoms with Crippen LogP contribution in [0.15, 0.2) is 6.20 Å². The van der Waals surface area contributed by atoms with Gasteiger partial charge in [-0.2, -0.15) is 10.4 Å². The number of ketones is 1. The van der Waals surface area contributed by atoms with E-state index >= 15 is 0 Å². The fourth-order valence-corrected chi connectivity index (χ4v) is 10.6. The van der Waals surface area contributed by atoms with Gasteiger partial charge in [0.05, 0.1) is 17.8 Å².